The number of hydrogen-bond acceptors (Lipinski definition) is 3. The monoisotopic (exact) mass is 296 g/mol. The van der Waals surface area contributed by atoms with Crippen LogP contribution in [-0.4, -0.2) is 17.9 Å². The second-order valence-corrected chi connectivity index (χ2v) is 7.60. The normalized spacial score (nSPS) is 12.6. The smallest absolute Gasteiger partial charge is 0.176 e. The number of nitrogens with one attached hydrogen (secondary N) is 1. The standard InChI is InChI=1S/C16H25ClN2O/c1-15(2,3)11-7-10(8-12(17)14(11)18)13(20)9-19-16(4,5)6/h7-8,19H,9,18H2,1-6H3. The molecule has 0 aliphatic rings. The van der Waals surface area contributed by atoms with Crippen LogP contribution in [0.5, 0.6) is 0 Å². The molecule has 0 atom stereocenters. The van der Waals surface area contributed by atoms with Gasteiger partial charge in [-0.2, -0.15) is 0 Å². The zero-order valence-electron chi connectivity index (χ0n) is 13.2. The lowest BCUT2D eigenvalue weighted by atomic mass is 9.84. The van der Waals surface area contributed by atoms with E-state index in [9.17, 15) is 4.79 Å². The fourth-order valence-corrected chi connectivity index (χ4v) is 2.07. The lowest BCUT2D eigenvalue weighted by Crippen LogP contribution is -2.39. The number of rotatable bonds is 3. The van der Waals surface area contributed by atoms with E-state index in [4.69, 9.17) is 17.3 Å². The molecular weight excluding hydrogens is 272 g/mol. The van der Waals surface area contributed by atoms with Crippen molar-refractivity contribution in [3.8, 4) is 0 Å². The van der Waals surface area contributed by atoms with Crippen LogP contribution in [-0.2, 0) is 5.41 Å². The van der Waals surface area contributed by atoms with Gasteiger partial charge >= 0.3 is 0 Å². The fraction of sp³-hybridized carbons (Fsp3) is 0.562. The highest BCUT2D eigenvalue weighted by atomic mass is 35.5. The maximum Gasteiger partial charge on any atom is 0.176 e. The topological polar surface area (TPSA) is 55.1 Å². The van der Waals surface area contributed by atoms with Crippen molar-refractivity contribution in [2.45, 2.75) is 52.5 Å². The molecule has 0 spiro atoms. The third kappa shape index (κ3) is 4.50. The molecular formula is C16H25ClN2O. The third-order valence-electron chi connectivity index (χ3n) is 3.04. The lowest BCUT2D eigenvalue weighted by Gasteiger charge is -2.23. The van der Waals surface area contributed by atoms with E-state index in [0.717, 1.165) is 5.56 Å². The summed E-state index contributed by atoms with van der Waals surface area (Å²) in [6.07, 6.45) is 0. The van der Waals surface area contributed by atoms with Crippen molar-refractivity contribution in [3.05, 3.63) is 28.3 Å². The number of Topliss-reactive ketones (excluding diaryl/α,β-unsaturated/α-hetero) is 1. The zero-order valence-corrected chi connectivity index (χ0v) is 14.0. The first-order chi connectivity index (χ1) is 8.92. The number of anilines is 1. The van der Waals surface area contributed by atoms with Gasteiger partial charge in [-0.1, -0.05) is 32.4 Å². The van der Waals surface area contributed by atoms with Crippen molar-refractivity contribution < 1.29 is 4.79 Å². The molecule has 0 aliphatic heterocycles. The second kappa shape index (κ2) is 5.74. The first-order valence-electron chi connectivity index (χ1n) is 6.79. The number of carbonyl (C=O) groups is 1. The predicted molar refractivity (Wildman–Crippen MR) is 86.7 cm³/mol. The van der Waals surface area contributed by atoms with E-state index in [1.165, 1.54) is 0 Å². The lowest BCUT2D eigenvalue weighted by molar-refractivity contribution is 0.0982. The van der Waals surface area contributed by atoms with Crippen LogP contribution < -0.4 is 11.1 Å². The predicted octanol–water partition coefficient (Wildman–Crippen LogP) is 3.79. The molecule has 0 amide bonds. The molecule has 0 unspecified atom stereocenters. The molecule has 0 fully saturated rings. The fourth-order valence-electron chi connectivity index (χ4n) is 1.85. The molecule has 4 heteroatoms. The van der Waals surface area contributed by atoms with Crippen LogP contribution in [0.2, 0.25) is 5.02 Å². The van der Waals surface area contributed by atoms with Gasteiger partial charge in [-0.25, -0.2) is 0 Å². The van der Waals surface area contributed by atoms with Crippen LogP contribution >= 0.6 is 11.6 Å². The number of ketones is 1. The first kappa shape index (κ1) is 17.0. The summed E-state index contributed by atoms with van der Waals surface area (Å²) in [7, 11) is 0. The highest BCUT2D eigenvalue weighted by molar-refractivity contribution is 6.33. The van der Waals surface area contributed by atoms with E-state index in [0.29, 0.717) is 16.3 Å². The van der Waals surface area contributed by atoms with Crippen molar-refractivity contribution in [1.29, 1.82) is 0 Å². The summed E-state index contributed by atoms with van der Waals surface area (Å²) in [4.78, 5) is 12.3. The number of hydrogen-bond donors (Lipinski definition) is 2. The van der Waals surface area contributed by atoms with E-state index < -0.39 is 0 Å². The quantitative estimate of drug-likeness (QED) is 0.659. The van der Waals surface area contributed by atoms with E-state index >= 15 is 0 Å². The maximum absolute atomic E-state index is 12.3. The molecule has 3 N–H and O–H groups in total. The van der Waals surface area contributed by atoms with Gasteiger partial charge in [0.15, 0.2) is 5.78 Å². The summed E-state index contributed by atoms with van der Waals surface area (Å²) in [5.41, 5.74) is 7.84. The van der Waals surface area contributed by atoms with Crippen LogP contribution in [0, 0.1) is 0 Å². The minimum Gasteiger partial charge on any atom is -0.397 e. The van der Waals surface area contributed by atoms with E-state index in [-0.39, 0.29) is 23.3 Å². The Bertz CT molecular complexity index is 510. The Morgan fingerprint density at radius 1 is 1.20 bits per heavy atom. The molecule has 0 saturated carbocycles. The number of carbonyl (C=O) groups excluding carboxylic acids is 1. The Morgan fingerprint density at radius 2 is 1.75 bits per heavy atom. The molecule has 20 heavy (non-hydrogen) atoms. The van der Waals surface area contributed by atoms with E-state index in [1.807, 2.05) is 26.8 Å². The highest BCUT2D eigenvalue weighted by Crippen LogP contribution is 2.34. The van der Waals surface area contributed by atoms with E-state index in [1.54, 1.807) is 6.07 Å². The summed E-state index contributed by atoms with van der Waals surface area (Å²) < 4.78 is 0. The van der Waals surface area contributed by atoms with Gasteiger partial charge in [0.05, 0.1) is 17.3 Å². The van der Waals surface area contributed by atoms with Crippen molar-refractivity contribution in [3.63, 3.8) is 0 Å². The molecule has 0 aromatic heterocycles. The first-order valence-corrected chi connectivity index (χ1v) is 7.17. The number of halogens is 1. The molecule has 0 radical (unpaired) electrons. The zero-order chi connectivity index (χ0) is 15.7. The third-order valence-corrected chi connectivity index (χ3v) is 3.35. The molecule has 1 rings (SSSR count). The molecule has 0 bridgehead atoms. The van der Waals surface area contributed by atoms with Crippen molar-refractivity contribution in [1.82, 2.24) is 5.32 Å². The van der Waals surface area contributed by atoms with Crippen LogP contribution in [0.4, 0.5) is 5.69 Å². The van der Waals surface area contributed by atoms with Gasteiger partial charge in [-0.15, -0.1) is 0 Å². The second-order valence-electron chi connectivity index (χ2n) is 7.20. The largest absolute Gasteiger partial charge is 0.397 e. The van der Waals surface area contributed by atoms with Crippen molar-refractivity contribution in [2.75, 3.05) is 12.3 Å². The van der Waals surface area contributed by atoms with Gasteiger partial charge in [0.25, 0.3) is 0 Å². The van der Waals surface area contributed by atoms with Gasteiger partial charge in [0.2, 0.25) is 0 Å². The highest BCUT2D eigenvalue weighted by Gasteiger charge is 2.21. The Balaban J connectivity index is 3.08. The Morgan fingerprint density at radius 3 is 2.20 bits per heavy atom. The van der Waals surface area contributed by atoms with Gasteiger partial charge in [-0.3, -0.25) is 4.79 Å². The van der Waals surface area contributed by atoms with E-state index in [2.05, 4.69) is 26.1 Å². The van der Waals surface area contributed by atoms with Crippen LogP contribution in [0.1, 0.15) is 57.5 Å². The van der Waals surface area contributed by atoms with Crippen LogP contribution in [0.3, 0.4) is 0 Å². The average Bonchev–Trinajstić information content (AvgIpc) is 2.26. The van der Waals surface area contributed by atoms with Crippen LogP contribution in [0.25, 0.3) is 0 Å². The SMILES string of the molecule is CC(C)(C)NCC(=O)c1cc(Cl)c(N)c(C(C)(C)C)c1. The molecule has 0 heterocycles. The van der Waals surface area contributed by atoms with Gasteiger partial charge in [0, 0.05) is 11.1 Å². The molecule has 1 aromatic carbocycles. The average molecular weight is 297 g/mol. The Labute approximate surface area is 126 Å². The minimum atomic E-state index is -0.151. The molecule has 0 saturated heterocycles. The minimum absolute atomic E-state index is 0.0207. The number of benzene rings is 1. The Hall–Kier alpha value is -1.06. The number of nitrogen functional groups attached to an aromatic ring is 1. The van der Waals surface area contributed by atoms with Gasteiger partial charge in [0.1, 0.15) is 0 Å². The summed E-state index contributed by atoms with van der Waals surface area (Å²) in [5, 5.41) is 3.63. The van der Waals surface area contributed by atoms with Gasteiger partial charge < -0.3 is 11.1 Å². The van der Waals surface area contributed by atoms with Crippen molar-refractivity contribution in [2.24, 2.45) is 0 Å². The summed E-state index contributed by atoms with van der Waals surface area (Å²) >= 11 is 6.16. The van der Waals surface area contributed by atoms with Crippen molar-refractivity contribution >= 4 is 23.1 Å². The van der Waals surface area contributed by atoms with Crippen LogP contribution in [0.15, 0.2) is 12.1 Å². The molecule has 112 valence electrons. The van der Waals surface area contributed by atoms with Gasteiger partial charge in [-0.05, 0) is 43.9 Å². The summed E-state index contributed by atoms with van der Waals surface area (Å²) in [6.45, 7) is 12.5. The Kier molecular flexibility index (Phi) is 4.88. The molecule has 0 aliphatic carbocycles. The summed E-state index contributed by atoms with van der Waals surface area (Å²) in [6, 6.07) is 3.51. The summed E-state index contributed by atoms with van der Waals surface area (Å²) in [5.74, 6) is 0.0207. The maximum atomic E-state index is 12.3. The molecule has 3 nitrogen and oxygen atoms in total. The molecule has 1 aromatic rings. The number of nitrogens with two attached hydrogens (primary N) is 1.